The second kappa shape index (κ2) is 6.43. The molecule has 0 aliphatic carbocycles. The lowest BCUT2D eigenvalue weighted by molar-refractivity contribution is 0.0615. The van der Waals surface area contributed by atoms with Crippen LogP contribution < -0.4 is 5.73 Å². The maximum absolute atomic E-state index is 13.5. The molecule has 1 aliphatic heterocycles. The number of likely N-dealkylation sites (tertiary alicyclic amines) is 1. The van der Waals surface area contributed by atoms with Crippen LogP contribution in [0.1, 0.15) is 37.0 Å². The van der Waals surface area contributed by atoms with Crippen molar-refractivity contribution in [1.29, 1.82) is 0 Å². The number of nitrogens with zero attached hydrogens (tertiary/aromatic N) is 2. The minimum absolute atomic E-state index is 0.0689. The van der Waals surface area contributed by atoms with Crippen LogP contribution >= 0.6 is 0 Å². The van der Waals surface area contributed by atoms with Gasteiger partial charge < -0.3 is 15.5 Å². The van der Waals surface area contributed by atoms with Gasteiger partial charge in [0.15, 0.2) is 0 Å². The van der Waals surface area contributed by atoms with Crippen LogP contribution in [-0.2, 0) is 0 Å². The Hall–Kier alpha value is -1.62. The van der Waals surface area contributed by atoms with Gasteiger partial charge in [-0.3, -0.25) is 4.79 Å². The van der Waals surface area contributed by atoms with Crippen LogP contribution in [0.25, 0.3) is 0 Å². The van der Waals surface area contributed by atoms with Crippen LogP contribution in [0.3, 0.4) is 0 Å². The molecule has 2 N–H and O–H groups in total. The van der Waals surface area contributed by atoms with E-state index in [2.05, 4.69) is 18.7 Å². The first kappa shape index (κ1) is 15.8. The normalized spacial score (nSPS) is 17.2. The van der Waals surface area contributed by atoms with Gasteiger partial charge in [0.05, 0.1) is 5.69 Å². The van der Waals surface area contributed by atoms with Gasteiger partial charge in [-0.15, -0.1) is 0 Å². The Morgan fingerprint density at radius 3 is 2.52 bits per heavy atom. The van der Waals surface area contributed by atoms with Crippen LogP contribution in [0, 0.1) is 5.82 Å². The molecule has 116 valence electrons. The van der Waals surface area contributed by atoms with Crippen molar-refractivity contribution in [3.05, 3.63) is 29.6 Å². The monoisotopic (exact) mass is 293 g/mol. The van der Waals surface area contributed by atoms with Crippen molar-refractivity contribution in [2.24, 2.45) is 0 Å². The molecule has 1 aliphatic rings. The second-order valence-electron chi connectivity index (χ2n) is 6.01. The van der Waals surface area contributed by atoms with E-state index in [1.54, 1.807) is 18.0 Å². The van der Waals surface area contributed by atoms with Gasteiger partial charge in [0.1, 0.15) is 5.82 Å². The molecule has 0 radical (unpaired) electrons. The minimum Gasteiger partial charge on any atom is -0.396 e. The summed E-state index contributed by atoms with van der Waals surface area (Å²) in [7, 11) is 1.80. The zero-order chi connectivity index (χ0) is 15.6. The Balaban J connectivity index is 2.01. The second-order valence-corrected chi connectivity index (χ2v) is 6.01. The summed E-state index contributed by atoms with van der Waals surface area (Å²) in [6, 6.07) is 5.00. The molecule has 21 heavy (non-hydrogen) atoms. The predicted molar refractivity (Wildman–Crippen MR) is 82.6 cm³/mol. The molecule has 0 aromatic heterocycles. The number of anilines is 1. The third kappa shape index (κ3) is 3.53. The van der Waals surface area contributed by atoms with Crippen molar-refractivity contribution in [3.8, 4) is 0 Å². The quantitative estimate of drug-likeness (QED) is 0.870. The summed E-state index contributed by atoms with van der Waals surface area (Å²) in [5.74, 6) is -0.680. The number of benzene rings is 1. The van der Waals surface area contributed by atoms with Crippen molar-refractivity contribution in [2.75, 3.05) is 25.9 Å². The lowest BCUT2D eigenvalue weighted by atomic mass is 10.0. The van der Waals surface area contributed by atoms with E-state index >= 15 is 0 Å². The fourth-order valence-corrected chi connectivity index (χ4v) is 2.82. The summed E-state index contributed by atoms with van der Waals surface area (Å²) >= 11 is 0. The fourth-order valence-electron chi connectivity index (χ4n) is 2.82. The number of nitrogens with two attached hydrogens (primary N) is 1. The summed E-state index contributed by atoms with van der Waals surface area (Å²) in [5.41, 5.74) is 5.87. The number of hydrogen-bond acceptors (Lipinski definition) is 3. The average molecular weight is 293 g/mol. The number of piperidine rings is 1. The first-order chi connectivity index (χ1) is 9.90. The molecular weight excluding hydrogens is 269 g/mol. The molecule has 1 heterocycles. The molecular formula is C16H24FN3O. The smallest absolute Gasteiger partial charge is 0.253 e. The summed E-state index contributed by atoms with van der Waals surface area (Å²) in [5, 5.41) is 0. The molecule has 5 heteroatoms. The van der Waals surface area contributed by atoms with Crippen molar-refractivity contribution in [3.63, 3.8) is 0 Å². The Bertz CT molecular complexity index is 510. The minimum atomic E-state index is -0.538. The molecule has 0 atom stereocenters. The first-order valence-corrected chi connectivity index (χ1v) is 7.46. The van der Waals surface area contributed by atoms with Crippen molar-refractivity contribution in [2.45, 2.75) is 38.8 Å². The highest BCUT2D eigenvalue weighted by atomic mass is 19.1. The van der Waals surface area contributed by atoms with Gasteiger partial charge in [0, 0.05) is 37.8 Å². The molecule has 4 nitrogen and oxygen atoms in total. The SMILES string of the molecule is CC(C)N1CCC(N(C)C(=O)c2ccc(N)c(F)c2)CC1. The van der Waals surface area contributed by atoms with Crippen molar-refractivity contribution < 1.29 is 9.18 Å². The lowest BCUT2D eigenvalue weighted by Gasteiger charge is -2.38. The van der Waals surface area contributed by atoms with Crippen LogP contribution in [0.2, 0.25) is 0 Å². The Morgan fingerprint density at radius 1 is 1.38 bits per heavy atom. The number of amides is 1. The zero-order valence-electron chi connectivity index (χ0n) is 13.0. The van der Waals surface area contributed by atoms with E-state index in [1.807, 2.05) is 0 Å². The van der Waals surface area contributed by atoms with Gasteiger partial charge in [0.25, 0.3) is 5.91 Å². The van der Waals surface area contributed by atoms with Crippen LogP contribution in [-0.4, -0.2) is 47.9 Å². The summed E-state index contributed by atoms with van der Waals surface area (Å²) in [6.07, 6.45) is 1.91. The Labute approximate surface area is 125 Å². The van der Waals surface area contributed by atoms with E-state index in [1.165, 1.54) is 12.1 Å². The molecule has 1 saturated heterocycles. The standard InChI is InChI=1S/C16H24FN3O/c1-11(2)20-8-6-13(7-9-20)19(3)16(21)12-4-5-15(18)14(17)10-12/h4-5,10-11,13H,6-9,18H2,1-3H3. The van der Waals surface area contributed by atoms with Gasteiger partial charge in [0.2, 0.25) is 0 Å². The molecule has 1 aromatic rings. The summed E-state index contributed by atoms with van der Waals surface area (Å²) in [6.45, 7) is 6.37. The maximum Gasteiger partial charge on any atom is 0.253 e. The van der Waals surface area contributed by atoms with E-state index in [0.29, 0.717) is 11.6 Å². The van der Waals surface area contributed by atoms with Crippen LogP contribution in [0.5, 0.6) is 0 Å². The molecule has 2 rings (SSSR count). The average Bonchev–Trinajstić information content (AvgIpc) is 2.48. The number of hydrogen-bond donors (Lipinski definition) is 1. The van der Waals surface area contributed by atoms with E-state index in [0.717, 1.165) is 25.9 Å². The lowest BCUT2D eigenvalue weighted by Crippen LogP contribution is -2.47. The van der Waals surface area contributed by atoms with Crippen molar-refractivity contribution >= 4 is 11.6 Å². The third-order valence-electron chi connectivity index (χ3n) is 4.34. The Morgan fingerprint density at radius 2 is 2.00 bits per heavy atom. The van der Waals surface area contributed by atoms with E-state index < -0.39 is 5.82 Å². The predicted octanol–water partition coefficient (Wildman–Crippen LogP) is 2.35. The van der Waals surface area contributed by atoms with Gasteiger partial charge in [-0.05, 0) is 44.9 Å². The zero-order valence-corrected chi connectivity index (χ0v) is 13.0. The van der Waals surface area contributed by atoms with Gasteiger partial charge in [-0.1, -0.05) is 0 Å². The molecule has 1 amide bonds. The summed E-state index contributed by atoms with van der Waals surface area (Å²) < 4.78 is 13.5. The molecule has 1 aromatic carbocycles. The third-order valence-corrected chi connectivity index (χ3v) is 4.34. The van der Waals surface area contributed by atoms with Crippen LogP contribution in [0.4, 0.5) is 10.1 Å². The first-order valence-electron chi connectivity index (χ1n) is 7.46. The van der Waals surface area contributed by atoms with E-state index in [-0.39, 0.29) is 17.6 Å². The van der Waals surface area contributed by atoms with Gasteiger partial charge in [-0.25, -0.2) is 4.39 Å². The topological polar surface area (TPSA) is 49.6 Å². The molecule has 0 saturated carbocycles. The van der Waals surface area contributed by atoms with Gasteiger partial charge >= 0.3 is 0 Å². The van der Waals surface area contributed by atoms with Crippen molar-refractivity contribution in [1.82, 2.24) is 9.80 Å². The van der Waals surface area contributed by atoms with Crippen LogP contribution in [0.15, 0.2) is 18.2 Å². The number of halogens is 1. The number of carbonyl (C=O) groups is 1. The molecule has 0 bridgehead atoms. The fraction of sp³-hybridized carbons (Fsp3) is 0.562. The summed E-state index contributed by atoms with van der Waals surface area (Å²) in [4.78, 5) is 16.6. The number of carbonyl (C=O) groups excluding carboxylic acids is 1. The van der Waals surface area contributed by atoms with E-state index in [4.69, 9.17) is 5.73 Å². The number of rotatable bonds is 3. The Kier molecular flexibility index (Phi) is 4.83. The maximum atomic E-state index is 13.5. The molecule has 0 spiro atoms. The highest BCUT2D eigenvalue weighted by molar-refractivity contribution is 5.94. The number of nitrogen functional groups attached to an aromatic ring is 1. The largest absolute Gasteiger partial charge is 0.396 e. The highest BCUT2D eigenvalue weighted by Gasteiger charge is 2.27. The highest BCUT2D eigenvalue weighted by Crippen LogP contribution is 2.20. The van der Waals surface area contributed by atoms with E-state index in [9.17, 15) is 9.18 Å². The molecule has 1 fully saturated rings. The van der Waals surface area contributed by atoms with Gasteiger partial charge in [-0.2, -0.15) is 0 Å². The molecule has 0 unspecified atom stereocenters.